The summed E-state index contributed by atoms with van der Waals surface area (Å²) in [4.78, 5) is 23.7. The molecule has 0 unspecified atom stereocenters. The summed E-state index contributed by atoms with van der Waals surface area (Å²) in [5.74, 6) is 0.0721. The Hall–Kier alpha value is -1.17. The largest absolute Gasteiger partial charge is 0.337 e. The third kappa shape index (κ3) is 3.52. The number of carbonyl (C=O) groups excluding carboxylic acids is 1. The lowest BCUT2D eigenvalue weighted by Gasteiger charge is -2.47. The van der Waals surface area contributed by atoms with Crippen molar-refractivity contribution in [1.29, 1.82) is 0 Å². The molecule has 0 bridgehead atoms. The molecule has 5 nitrogen and oxygen atoms in total. The molecule has 2 fully saturated rings. The average Bonchev–Trinajstić information content (AvgIpc) is 2.70. The van der Waals surface area contributed by atoms with Crippen molar-refractivity contribution in [3.8, 4) is 0 Å². The zero-order valence-corrected chi connectivity index (χ0v) is 14.7. The van der Waals surface area contributed by atoms with Gasteiger partial charge >= 0.3 is 0 Å². The van der Waals surface area contributed by atoms with Crippen molar-refractivity contribution in [2.75, 3.05) is 46.8 Å². The molecule has 0 N–H and O–H groups in total. The fourth-order valence-corrected chi connectivity index (χ4v) is 3.93. The molecule has 23 heavy (non-hydrogen) atoms. The van der Waals surface area contributed by atoms with Crippen LogP contribution in [0.2, 0.25) is 5.15 Å². The Labute approximate surface area is 143 Å². The number of likely N-dealkylation sites (tertiary alicyclic amines) is 1. The highest BCUT2D eigenvalue weighted by Crippen LogP contribution is 2.31. The average molecular weight is 337 g/mol. The van der Waals surface area contributed by atoms with Crippen LogP contribution < -0.4 is 0 Å². The Morgan fingerprint density at radius 3 is 2.65 bits per heavy atom. The van der Waals surface area contributed by atoms with E-state index in [-0.39, 0.29) is 11.4 Å². The summed E-state index contributed by atoms with van der Waals surface area (Å²) in [6, 6.07) is 3.42. The van der Waals surface area contributed by atoms with Crippen LogP contribution >= 0.6 is 11.6 Å². The molecule has 1 amide bonds. The number of nitrogens with zero attached hydrogens (tertiary/aromatic N) is 4. The van der Waals surface area contributed by atoms with E-state index in [9.17, 15) is 4.79 Å². The molecule has 3 heterocycles. The van der Waals surface area contributed by atoms with Gasteiger partial charge in [-0.2, -0.15) is 0 Å². The summed E-state index contributed by atoms with van der Waals surface area (Å²) in [7, 11) is 4.38. The fraction of sp³-hybridized carbons (Fsp3) is 0.647. The summed E-state index contributed by atoms with van der Waals surface area (Å²) in [5, 5.41) is 0.372. The minimum atomic E-state index is 0.0721. The number of pyridine rings is 1. The number of aromatic nitrogens is 1. The zero-order chi connectivity index (χ0) is 16.4. The van der Waals surface area contributed by atoms with Crippen LogP contribution in [-0.4, -0.2) is 77.9 Å². The van der Waals surface area contributed by atoms with Gasteiger partial charge in [-0.1, -0.05) is 11.6 Å². The molecule has 0 radical (unpaired) electrons. The molecular formula is C17H25ClN4O. The summed E-state index contributed by atoms with van der Waals surface area (Å²) in [6.07, 6.45) is 4.84. The summed E-state index contributed by atoms with van der Waals surface area (Å²) < 4.78 is 0. The van der Waals surface area contributed by atoms with E-state index < -0.39 is 0 Å². The Kier molecular flexibility index (Phi) is 4.90. The molecule has 3 rings (SSSR count). The molecule has 6 heteroatoms. The first-order chi connectivity index (χ1) is 11.0. The van der Waals surface area contributed by atoms with Gasteiger partial charge in [-0.05, 0) is 58.6 Å². The zero-order valence-electron chi connectivity index (χ0n) is 14.0. The van der Waals surface area contributed by atoms with E-state index in [1.54, 1.807) is 18.3 Å². The van der Waals surface area contributed by atoms with Crippen LogP contribution in [0, 0.1) is 0 Å². The standard InChI is InChI=1S/C17H25ClN4O/c1-20-10-5-17(6-11-20)13-22(9-3-8-21(17)2)16(23)14-4-7-19-15(18)12-14/h4,7,12H,3,5-6,8-11,13H2,1-2H3. The topological polar surface area (TPSA) is 39.7 Å². The van der Waals surface area contributed by atoms with Gasteiger partial charge in [-0.15, -0.1) is 0 Å². The minimum Gasteiger partial charge on any atom is -0.337 e. The van der Waals surface area contributed by atoms with Gasteiger partial charge in [0.05, 0.1) is 0 Å². The molecule has 2 saturated heterocycles. The third-order valence-electron chi connectivity index (χ3n) is 5.39. The van der Waals surface area contributed by atoms with Crippen LogP contribution in [0.3, 0.4) is 0 Å². The van der Waals surface area contributed by atoms with Crippen molar-refractivity contribution in [3.05, 3.63) is 29.0 Å². The second-order valence-electron chi connectivity index (χ2n) is 6.90. The van der Waals surface area contributed by atoms with Gasteiger partial charge in [0.15, 0.2) is 0 Å². The molecular weight excluding hydrogens is 312 g/mol. The number of amides is 1. The van der Waals surface area contributed by atoms with Crippen molar-refractivity contribution in [2.45, 2.75) is 24.8 Å². The van der Waals surface area contributed by atoms with Crippen molar-refractivity contribution in [1.82, 2.24) is 19.7 Å². The highest BCUT2D eigenvalue weighted by Gasteiger charge is 2.41. The number of hydrogen-bond donors (Lipinski definition) is 0. The number of piperidine rings is 1. The maximum atomic E-state index is 12.9. The minimum absolute atomic E-state index is 0.0721. The Balaban J connectivity index is 1.81. The van der Waals surface area contributed by atoms with Crippen LogP contribution in [0.1, 0.15) is 29.6 Å². The molecule has 0 aliphatic carbocycles. The second kappa shape index (κ2) is 6.75. The first-order valence-corrected chi connectivity index (χ1v) is 8.69. The Bertz CT molecular complexity index is 571. The van der Waals surface area contributed by atoms with Crippen LogP contribution in [0.5, 0.6) is 0 Å². The van der Waals surface area contributed by atoms with E-state index in [0.717, 1.165) is 52.0 Å². The molecule has 0 aromatic carbocycles. The first kappa shape index (κ1) is 16.7. The molecule has 1 aromatic heterocycles. The van der Waals surface area contributed by atoms with Gasteiger partial charge in [0.1, 0.15) is 5.15 Å². The van der Waals surface area contributed by atoms with Crippen LogP contribution in [0.15, 0.2) is 18.3 Å². The molecule has 1 aromatic rings. The summed E-state index contributed by atoms with van der Waals surface area (Å²) >= 11 is 5.95. The highest BCUT2D eigenvalue weighted by molar-refractivity contribution is 6.29. The van der Waals surface area contributed by atoms with Crippen molar-refractivity contribution in [3.63, 3.8) is 0 Å². The van der Waals surface area contributed by atoms with E-state index in [2.05, 4.69) is 28.9 Å². The summed E-state index contributed by atoms with van der Waals surface area (Å²) in [5.41, 5.74) is 0.743. The number of carbonyl (C=O) groups is 1. The molecule has 2 aliphatic heterocycles. The SMILES string of the molecule is CN1CCC2(CC1)CN(C(=O)c1ccnc(Cl)c1)CCCN2C. The van der Waals surface area contributed by atoms with E-state index >= 15 is 0 Å². The quantitative estimate of drug-likeness (QED) is 0.735. The van der Waals surface area contributed by atoms with Gasteiger partial charge in [-0.25, -0.2) is 4.98 Å². The Morgan fingerprint density at radius 2 is 1.96 bits per heavy atom. The van der Waals surface area contributed by atoms with Crippen molar-refractivity contribution in [2.24, 2.45) is 0 Å². The maximum Gasteiger partial charge on any atom is 0.254 e. The maximum absolute atomic E-state index is 12.9. The van der Waals surface area contributed by atoms with Gasteiger partial charge in [0.25, 0.3) is 5.91 Å². The predicted molar refractivity (Wildman–Crippen MR) is 91.9 cm³/mol. The van der Waals surface area contributed by atoms with Gasteiger partial charge in [-0.3, -0.25) is 9.69 Å². The molecule has 126 valence electrons. The smallest absolute Gasteiger partial charge is 0.254 e. The molecule has 2 aliphatic rings. The van der Waals surface area contributed by atoms with E-state index in [0.29, 0.717) is 10.7 Å². The normalized spacial score (nSPS) is 23.0. The third-order valence-corrected chi connectivity index (χ3v) is 5.60. The monoisotopic (exact) mass is 336 g/mol. The highest BCUT2D eigenvalue weighted by atomic mass is 35.5. The Morgan fingerprint density at radius 1 is 1.22 bits per heavy atom. The van der Waals surface area contributed by atoms with Crippen LogP contribution in [-0.2, 0) is 0 Å². The lowest BCUT2D eigenvalue weighted by atomic mass is 9.85. The van der Waals surface area contributed by atoms with Crippen LogP contribution in [0.4, 0.5) is 0 Å². The fourth-order valence-electron chi connectivity index (χ4n) is 3.76. The van der Waals surface area contributed by atoms with E-state index in [1.807, 2.05) is 4.90 Å². The van der Waals surface area contributed by atoms with Crippen molar-refractivity contribution < 1.29 is 4.79 Å². The number of halogens is 1. The summed E-state index contributed by atoms with van der Waals surface area (Å²) in [6.45, 7) is 4.84. The van der Waals surface area contributed by atoms with Gasteiger partial charge in [0.2, 0.25) is 0 Å². The van der Waals surface area contributed by atoms with Crippen LogP contribution in [0.25, 0.3) is 0 Å². The second-order valence-corrected chi connectivity index (χ2v) is 7.28. The van der Waals surface area contributed by atoms with Gasteiger partial charge in [0, 0.05) is 36.9 Å². The number of likely N-dealkylation sites (N-methyl/N-ethyl adjacent to an activating group) is 1. The predicted octanol–water partition coefficient (Wildman–Crippen LogP) is 1.98. The molecule has 1 spiro atoms. The van der Waals surface area contributed by atoms with Crippen molar-refractivity contribution >= 4 is 17.5 Å². The number of rotatable bonds is 1. The van der Waals surface area contributed by atoms with Gasteiger partial charge < -0.3 is 9.80 Å². The molecule has 0 saturated carbocycles. The number of hydrogen-bond acceptors (Lipinski definition) is 4. The lowest BCUT2D eigenvalue weighted by molar-refractivity contribution is 0.0317. The van der Waals surface area contributed by atoms with E-state index in [4.69, 9.17) is 11.6 Å². The lowest BCUT2D eigenvalue weighted by Crippen LogP contribution is -2.58. The van der Waals surface area contributed by atoms with E-state index in [1.165, 1.54) is 0 Å². The first-order valence-electron chi connectivity index (χ1n) is 8.31. The molecule has 0 atom stereocenters.